The van der Waals surface area contributed by atoms with E-state index in [0.717, 1.165) is 59.0 Å². The highest BCUT2D eigenvalue weighted by molar-refractivity contribution is 7.88. The summed E-state index contributed by atoms with van der Waals surface area (Å²) in [5.74, 6) is 0.541. The molecule has 1 fully saturated rings. The molecule has 0 spiro atoms. The molecule has 1 atom stereocenters. The summed E-state index contributed by atoms with van der Waals surface area (Å²) in [6.07, 6.45) is 8.19. The van der Waals surface area contributed by atoms with Gasteiger partial charge in [0.15, 0.2) is 11.6 Å². The Labute approximate surface area is 274 Å². The van der Waals surface area contributed by atoms with E-state index >= 15 is 4.39 Å². The van der Waals surface area contributed by atoms with Crippen LogP contribution in [0.25, 0.3) is 20.8 Å². The van der Waals surface area contributed by atoms with Crippen molar-refractivity contribution in [1.29, 1.82) is 0 Å². The van der Waals surface area contributed by atoms with Crippen LogP contribution in [-0.2, 0) is 16.6 Å². The van der Waals surface area contributed by atoms with Crippen LogP contribution in [0, 0.1) is 11.7 Å². The number of fused-ring (bicyclic) bond motifs is 1. The van der Waals surface area contributed by atoms with E-state index < -0.39 is 21.9 Å². The van der Waals surface area contributed by atoms with Crippen molar-refractivity contribution in [2.75, 3.05) is 37.8 Å². The van der Waals surface area contributed by atoms with Crippen LogP contribution in [0.15, 0.2) is 54.9 Å². The van der Waals surface area contributed by atoms with Crippen molar-refractivity contribution in [3.05, 3.63) is 66.2 Å². The number of hydrogen-bond acceptors (Lipinski definition) is 8. The van der Waals surface area contributed by atoms with E-state index in [2.05, 4.69) is 47.4 Å². The Kier molecular flexibility index (Phi) is 10.9. The molecule has 2 N–H and O–H groups in total. The van der Waals surface area contributed by atoms with E-state index in [1.807, 2.05) is 18.3 Å². The zero-order chi connectivity index (χ0) is 32.8. The van der Waals surface area contributed by atoms with Gasteiger partial charge < -0.3 is 15.4 Å². The molecule has 10 nitrogen and oxygen atoms in total. The Balaban J connectivity index is 1.22. The second kappa shape index (κ2) is 14.8. The fourth-order valence-corrected chi connectivity index (χ4v) is 7.11. The van der Waals surface area contributed by atoms with Crippen LogP contribution in [0.5, 0.6) is 11.5 Å². The molecule has 1 saturated heterocycles. The van der Waals surface area contributed by atoms with Crippen LogP contribution in [0.2, 0.25) is 0 Å². The molecule has 4 heterocycles. The molecule has 1 unspecified atom stereocenters. The number of carbonyl (C=O) groups is 1. The molecule has 0 radical (unpaired) electrons. The summed E-state index contributed by atoms with van der Waals surface area (Å²) >= 11 is 1.48. The quantitative estimate of drug-likeness (QED) is 0.154. The van der Waals surface area contributed by atoms with Gasteiger partial charge in [0.2, 0.25) is 10.0 Å². The Morgan fingerprint density at radius 1 is 1.13 bits per heavy atom. The summed E-state index contributed by atoms with van der Waals surface area (Å²) in [5, 5.41) is 5.26. The molecule has 3 aromatic heterocycles. The van der Waals surface area contributed by atoms with Crippen molar-refractivity contribution in [2.45, 2.75) is 52.6 Å². The lowest BCUT2D eigenvalue weighted by molar-refractivity contribution is 0.214. The second-order valence-corrected chi connectivity index (χ2v) is 14.9. The first-order chi connectivity index (χ1) is 22.0. The fraction of sp³-hybridized carbons (Fsp3) is 0.424. The number of benzene rings is 1. The number of rotatable bonds is 14. The van der Waals surface area contributed by atoms with Crippen molar-refractivity contribution in [3.8, 4) is 22.1 Å². The van der Waals surface area contributed by atoms with E-state index in [0.29, 0.717) is 5.75 Å². The molecule has 46 heavy (non-hydrogen) atoms. The topological polar surface area (TPSA) is 117 Å². The van der Waals surface area contributed by atoms with Gasteiger partial charge in [-0.25, -0.2) is 17.6 Å². The number of urea groups is 1. The number of nitrogens with zero attached hydrogens (tertiary/aromatic N) is 4. The Morgan fingerprint density at radius 3 is 2.61 bits per heavy atom. The lowest BCUT2D eigenvalue weighted by Gasteiger charge is -2.37. The fourth-order valence-electron chi connectivity index (χ4n) is 5.17. The number of ether oxygens (including phenoxy) is 1. The molecule has 1 aromatic carbocycles. The van der Waals surface area contributed by atoms with Gasteiger partial charge in [0, 0.05) is 49.8 Å². The number of thiophene rings is 1. The number of anilines is 1. The van der Waals surface area contributed by atoms with Crippen LogP contribution in [-0.4, -0.2) is 72.1 Å². The summed E-state index contributed by atoms with van der Waals surface area (Å²) in [6.45, 7) is 10.2. The van der Waals surface area contributed by atoms with Gasteiger partial charge in [-0.3, -0.25) is 14.9 Å². The highest BCUT2D eigenvalue weighted by Gasteiger charge is 2.34. The maximum Gasteiger partial charge on any atom is 0.319 e. The van der Waals surface area contributed by atoms with Crippen LogP contribution in [0.4, 0.5) is 14.9 Å². The zero-order valence-corrected chi connectivity index (χ0v) is 28.3. The van der Waals surface area contributed by atoms with Crippen LogP contribution >= 0.6 is 11.3 Å². The molecule has 1 aliphatic rings. The van der Waals surface area contributed by atoms with Gasteiger partial charge in [-0.2, -0.15) is 4.31 Å². The van der Waals surface area contributed by atoms with Gasteiger partial charge in [0.05, 0.1) is 33.1 Å². The van der Waals surface area contributed by atoms with Crippen molar-refractivity contribution >= 4 is 43.3 Å². The van der Waals surface area contributed by atoms with E-state index in [4.69, 9.17) is 9.72 Å². The summed E-state index contributed by atoms with van der Waals surface area (Å²) in [6, 6.07) is 11.1. The third kappa shape index (κ3) is 8.58. The minimum absolute atomic E-state index is 0.00337. The highest BCUT2D eigenvalue weighted by atomic mass is 32.2. The molecule has 1 aliphatic heterocycles. The van der Waals surface area contributed by atoms with E-state index in [-0.39, 0.29) is 30.6 Å². The minimum atomic E-state index is -3.28. The average molecular weight is 669 g/mol. The van der Waals surface area contributed by atoms with Crippen molar-refractivity contribution in [1.82, 2.24) is 24.5 Å². The Morgan fingerprint density at radius 2 is 1.93 bits per heavy atom. The monoisotopic (exact) mass is 668 g/mol. The molecule has 0 aliphatic carbocycles. The molecule has 5 rings (SSSR count). The molecular formula is C33H41FN6O4S2. The van der Waals surface area contributed by atoms with Gasteiger partial charge in [-0.15, -0.1) is 11.3 Å². The number of carbonyl (C=O) groups excluding carboxylic acids is 1. The van der Waals surface area contributed by atoms with Crippen LogP contribution in [0.1, 0.15) is 45.6 Å². The first-order valence-corrected chi connectivity index (χ1v) is 18.2. The summed E-state index contributed by atoms with van der Waals surface area (Å²) in [5.41, 5.74) is 2.98. The highest BCUT2D eigenvalue weighted by Crippen LogP contribution is 2.39. The van der Waals surface area contributed by atoms with Gasteiger partial charge in [-0.05, 0) is 61.7 Å². The van der Waals surface area contributed by atoms with E-state index in [1.54, 1.807) is 12.3 Å². The molecule has 246 valence electrons. The van der Waals surface area contributed by atoms with Gasteiger partial charge >= 0.3 is 6.03 Å². The summed E-state index contributed by atoms with van der Waals surface area (Å²) < 4.78 is 46.1. The smallest absolute Gasteiger partial charge is 0.319 e. The molecule has 0 saturated carbocycles. The van der Waals surface area contributed by atoms with E-state index in [1.165, 1.54) is 52.2 Å². The number of nitrogens with one attached hydrogen (secondary N) is 2. The molecule has 0 bridgehead atoms. The SMILES string of the molecule is CCCN(CCC(C)CC)Cc1ccc(-c2cc3nccc(Oc4ccc(NC(=O)NC5CN(S(C)(=O)=O)C5)cc4F)c3s2)nc1. The van der Waals surface area contributed by atoms with Crippen molar-refractivity contribution in [3.63, 3.8) is 0 Å². The molecule has 13 heteroatoms. The lowest BCUT2D eigenvalue weighted by Crippen LogP contribution is -2.61. The third-order valence-corrected chi connectivity index (χ3v) is 10.5. The van der Waals surface area contributed by atoms with E-state index in [9.17, 15) is 13.2 Å². The average Bonchev–Trinajstić information content (AvgIpc) is 3.44. The first kappa shape index (κ1) is 33.7. The minimum Gasteiger partial charge on any atom is -0.453 e. The van der Waals surface area contributed by atoms with Gasteiger partial charge in [-0.1, -0.05) is 33.3 Å². The number of amides is 2. The summed E-state index contributed by atoms with van der Waals surface area (Å²) in [7, 11) is -3.28. The number of sulfonamides is 1. The molecule has 4 aromatic rings. The largest absolute Gasteiger partial charge is 0.453 e. The predicted octanol–water partition coefficient (Wildman–Crippen LogP) is 6.70. The second-order valence-electron chi connectivity index (χ2n) is 11.9. The third-order valence-electron chi connectivity index (χ3n) is 8.10. The van der Waals surface area contributed by atoms with Gasteiger partial charge in [0.1, 0.15) is 5.75 Å². The maximum atomic E-state index is 15.1. The Bertz CT molecular complexity index is 1760. The standard InChI is InChI=1S/C33H41FN6O4S2/c1-5-14-39(15-12-22(3)6-2)19-23-7-9-27(36-18-23)31-17-28-32(45-31)30(11-13-35-28)44-29-10-8-24(16-26(29)34)37-33(41)38-25-20-40(21-25)46(4,42)43/h7-11,13,16-18,22,25H,5-6,12,14-15,19-21H2,1-4H3,(H2,37,38,41). The predicted molar refractivity (Wildman–Crippen MR) is 181 cm³/mol. The van der Waals surface area contributed by atoms with Gasteiger partial charge in [0.25, 0.3) is 0 Å². The van der Waals surface area contributed by atoms with Crippen LogP contribution in [0.3, 0.4) is 0 Å². The number of pyridine rings is 2. The Hall–Kier alpha value is -3.65. The molecular weight excluding hydrogens is 628 g/mol. The summed E-state index contributed by atoms with van der Waals surface area (Å²) in [4.78, 5) is 25.0. The molecule has 2 amide bonds. The normalized spacial score (nSPS) is 14.7. The van der Waals surface area contributed by atoms with Crippen molar-refractivity contribution < 1.29 is 22.3 Å². The zero-order valence-electron chi connectivity index (χ0n) is 26.6. The maximum absolute atomic E-state index is 15.1. The number of halogens is 1. The number of aromatic nitrogens is 2. The number of hydrogen-bond donors (Lipinski definition) is 2. The van der Waals surface area contributed by atoms with Crippen LogP contribution < -0.4 is 15.4 Å². The lowest BCUT2D eigenvalue weighted by atomic mass is 10.0. The first-order valence-electron chi connectivity index (χ1n) is 15.6. The van der Waals surface area contributed by atoms with Crippen molar-refractivity contribution in [2.24, 2.45) is 5.92 Å².